The van der Waals surface area contributed by atoms with Gasteiger partial charge in [-0.1, -0.05) is 24.3 Å². The Kier molecular flexibility index (Phi) is 4.97. The smallest absolute Gasteiger partial charge is 0.142 e. The monoisotopic (exact) mass is 343 g/mol. The quantitative estimate of drug-likeness (QED) is 0.782. The van der Waals surface area contributed by atoms with Gasteiger partial charge in [0.15, 0.2) is 0 Å². The van der Waals surface area contributed by atoms with Crippen LogP contribution in [-0.4, -0.2) is 29.0 Å². The Labute approximate surface area is 153 Å². The summed E-state index contributed by atoms with van der Waals surface area (Å²) in [5, 5.41) is 9.58. The van der Waals surface area contributed by atoms with E-state index in [9.17, 15) is 5.26 Å². The molecular formula is C21H21N5. The maximum atomic E-state index is 9.58. The number of benzene rings is 1. The van der Waals surface area contributed by atoms with E-state index in [1.165, 1.54) is 5.56 Å². The van der Waals surface area contributed by atoms with Crippen molar-refractivity contribution < 1.29 is 0 Å². The summed E-state index contributed by atoms with van der Waals surface area (Å²) in [6.07, 6.45) is 1.79. The third kappa shape index (κ3) is 3.71. The molecule has 3 aromatic rings. The van der Waals surface area contributed by atoms with Crippen molar-refractivity contribution in [3.8, 4) is 28.6 Å². The first-order chi connectivity index (χ1) is 12.5. The van der Waals surface area contributed by atoms with Crippen molar-refractivity contribution >= 4 is 5.82 Å². The van der Waals surface area contributed by atoms with Crippen LogP contribution in [0.3, 0.4) is 0 Å². The second-order valence-electron chi connectivity index (χ2n) is 6.59. The van der Waals surface area contributed by atoms with E-state index < -0.39 is 0 Å². The van der Waals surface area contributed by atoms with E-state index in [0.717, 1.165) is 28.9 Å². The summed E-state index contributed by atoms with van der Waals surface area (Å²) in [5.41, 5.74) is 11.8. The molecule has 2 N–H and O–H groups in total. The van der Waals surface area contributed by atoms with Crippen LogP contribution in [0.4, 0.5) is 5.82 Å². The molecule has 1 aromatic carbocycles. The van der Waals surface area contributed by atoms with Crippen LogP contribution in [0.15, 0.2) is 48.7 Å². The summed E-state index contributed by atoms with van der Waals surface area (Å²) in [7, 11) is 4.05. The fraction of sp³-hybridized carbons (Fsp3) is 0.190. The lowest BCUT2D eigenvalue weighted by Gasteiger charge is -2.13. The number of aromatic nitrogens is 2. The minimum atomic E-state index is 0.223. The highest BCUT2D eigenvalue weighted by Gasteiger charge is 2.14. The Balaban J connectivity index is 2.14. The number of hydrogen-bond acceptors (Lipinski definition) is 5. The van der Waals surface area contributed by atoms with Gasteiger partial charge in [-0.3, -0.25) is 4.98 Å². The summed E-state index contributed by atoms with van der Waals surface area (Å²) < 4.78 is 0. The van der Waals surface area contributed by atoms with Crippen LogP contribution in [0.5, 0.6) is 0 Å². The van der Waals surface area contributed by atoms with E-state index in [1.807, 2.05) is 51.4 Å². The zero-order chi connectivity index (χ0) is 18.7. The van der Waals surface area contributed by atoms with Crippen LogP contribution >= 0.6 is 0 Å². The van der Waals surface area contributed by atoms with Crippen LogP contribution in [0.2, 0.25) is 0 Å². The molecule has 0 amide bonds. The van der Waals surface area contributed by atoms with E-state index >= 15 is 0 Å². The summed E-state index contributed by atoms with van der Waals surface area (Å²) in [6.45, 7) is 2.81. The highest BCUT2D eigenvalue weighted by Crippen LogP contribution is 2.31. The van der Waals surface area contributed by atoms with Crippen molar-refractivity contribution in [2.45, 2.75) is 13.5 Å². The summed E-state index contributed by atoms with van der Waals surface area (Å²) in [5.74, 6) is 0.223. The Hall–Kier alpha value is -3.23. The van der Waals surface area contributed by atoms with E-state index in [0.29, 0.717) is 11.3 Å². The fourth-order valence-corrected chi connectivity index (χ4v) is 2.86. The summed E-state index contributed by atoms with van der Waals surface area (Å²) in [4.78, 5) is 10.9. The van der Waals surface area contributed by atoms with Gasteiger partial charge in [0.05, 0.1) is 11.4 Å². The number of nitrogens with zero attached hydrogens (tertiary/aromatic N) is 4. The van der Waals surface area contributed by atoms with Crippen LogP contribution in [0.25, 0.3) is 22.5 Å². The summed E-state index contributed by atoms with van der Waals surface area (Å²) >= 11 is 0. The van der Waals surface area contributed by atoms with Gasteiger partial charge in [0.1, 0.15) is 17.5 Å². The average Bonchev–Trinajstić information content (AvgIpc) is 2.61. The van der Waals surface area contributed by atoms with Gasteiger partial charge in [0.2, 0.25) is 0 Å². The van der Waals surface area contributed by atoms with Crippen LogP contribution in [0.1, 0.15) is 16.7 Å². The molecule has 0 fully saturated rings. The summed E-state index contributed by atoms with van der Waals surface area (Å²) in [6, 6.07) is 16.1. The van der Waals surface area contributed by atoms with Gasteiger partial charge in [-0.15, -0.1) is 0 Å². The average molecular weight is 343 g/mol. The molecule has 2 aromatic heterocycles. The van der Waals surface area contributed by atoms with Gasteiger partial charge in [-0.2, -0.15) is 5.26 Å². The predicted octanol–water partition coefficient (Wildman–Crippen LogP) is 3.63. The van der Waals surface area contributed by atoms with Crippen LogP contribution in [0, 0.1) is 18.3 Å². The third-order valence-electron chi connectivity index (χ3n) is 4.07. The Morgan fingerprint density at radius 1 is 1.12 bits per heavy atom. The molecule has 0 aliphatic rings. The molecule has 0 saturated heterocycles. The maximum Gasteiger partial charge on any atom is 0.142 e. The topological polar surface area (TPSA) is 78.8 Å². The largest absolute Gasteiger partial charge is 0.383 e. The lowest BCUT2D eigenvalue weighted by Crippen LogP contribution is -2.10. The first-order valence-electron chi connectivity index (χ1n) is 8.35. The number of nitrogen functional groups attached to an aromatic ring is 1. The minimum Gasteiger partial charge on any atom is -0.383 e. The molecule has 0 aliphatic carbocycles. The van der Waals surface area contributed by atoms with Crippen molar-refractivity contribution in [3.63, 3.8) is 0 Å². The lowest BCUT2D eigenvalue weighted by atomic mass is 9.97. The minimum absolute atomic E-state index is 0.223. The van der Waals surface area contributed by atoms with Crippen LogP contribution < -0.4 is 5.73 Å². The maximum absolute atomic E-state index is 9.58. The highest BCUT2D eigenvalue weighted by molar-refractivity contribution is 5.79. The standard InChI is InChI=1S/C21H21N5/c1-14-7-8-19(24-12-14)20-10-17(18(11-22)21(23)25-20)16-6-4-5-15(9-16)13-26(2)3/h4-10,12H,13H2,1-3H3,(H2,23,25). The van der Waals surface area contributed by atoms with Crippen molar-refractivity contribution in [1.82, 2.24) is 14.9 Å². The van der Waals surface area contributed by atoms with Crippen molar-refractivity contribution in [2.24, 2.45) is 0 Å². The van der Waals surface area contributed by atoms with Gasteiger partial charge in [0, 0.05) is 18.3 Å². The lowest BCUT2D eigenvalue weighted by molar-refractivity contribution is 0.402. The third-order valence-corrected chi connectivity index (χ3v) is 4.07. The molecular weight excluding hydrogens is 322 g/mol. The molecule has 0 saturated carbocycles. The molecule has 5 nitrogen and oxygen atoms in total. The second kappa shape index (κ2) is 7.34. The number of anilines is 1. The van der Waals surface area contributed by atoms with Crippen molar-refractivity contribution in [1.29, 1.82) is 5.26 Å². The highest BCUT2D eigenvalue weighted by atomic mass is 15.0. The molecule has 0 aliphatic heterocycles. The molecule has 0 spiro atoms. The molecule has 26 heavy (non-hydrogen) atoms. The number of aryl methyl sites for hydroxylation is 1. The zero-order valence-electron chi connectivity index (χ0n) is 15.2. The molecule has 2 heterocycles. The van der Waals surface area contributed by atoms with Crippen molar-refractivity contribution in [2.75, 3.05) is 19.8 Å². The van der Waals surface area contributed by atoms with Crippen molar-refractivity contribution in [3.05, 3.63) is 65.4 Å². The Morgan fingerprint density at radius 3 is 2.58 bits per heavy atom. The van der Waals surface area contributed by atoms with Gasteiger partial charge >= 0.3 is 0 Å². The van der Waals surface area contributed by atoms with Gasteiger partial charge in [-0.05, 0) is 55.9 Å². The normalized spacial score (nSPS) is 10.7. The molecule has 0 atom stereocenters. The SMILES string of the molecule is Cc1ccc(-c2cc(-c3cccc(CN(C)C)c3)c(C#N)c(N)n2)nc1. The first kappa shape index (κ1) is 17.6. The number of pyridine rings is 2. The molecule has 3 rings (SSSR count). The molecule has 5 heteroatoms. The molecule has 0 radical (unpaired) electrons. The predicted molar refractivity (Wildman–Crippen MR) is 104 cm³/mol. The number of hydrogen-bond donors (Lipinski definition) is 1. The number of rotatable bonds is 4. The second-order valence-corrected chi connectivity index (χ2v) is 6.59. The molecule has 0 bridgehead atoms. The van der Waals surface area contributed by atoms with E-state index in [2.05, 4.69) is 33.1 Å². The number of nitrogens with two attached hydrogens (primary N) is 1. The van der Waals surface area contributed by atoms with Gasteiger partial charge < -0.3 is 10.6 Å². The molecule has 0 unspecified atom stereocenters. The molecule has 130 valence electrons. The van der Waals surface area contributed by atoms with E-state index in [-0.39, 0.29) is 5.82 Å². The van der Waals surface area contributed by atoms with Crippen LogP contribution in [-0.2, 0) is 6.54 Å². The zero-order valence-corrected chi connectivity index (χ0v) is 15.2. The van der Waals surface area contributed by atoms with Gasteiger partial charge in [0.25, 0.3) is 0 Å². The van der Waals surface area contributed by atoms with E-state index in [4.69, 9.17) is 5.73 Å². The van der Waals surface area contributed by atoms with E-state index in [1.54, 1.807) is 6.20 Å². The Bertz CT molecular complexity index is 969. The fourth-order valence-electron chi connectivity index (χ4n) is 2.86. The first-order valence-corrected chi connectivity index (χ1v) is 8.35. The number of nitriles is 1. The Morgan fingerprint density at radius 2 is 1.92 bits per heavy atom. The van der Waals surface area contributed by atoms with Gasteiger partial charge in [-0.25, -0.2) is 4.98 Å².